The normalized spacial score (nSPS) is 12.7. The Morgan fingerprint density at radius 3 is 2.50 bits per heavy atom. The van der Waals surface area contributed by atoms with Crippen molar-refractivity contribution in [1.82, 2.24) is 10.6 Å². The van der Waals surface area contributed by atoms with Crippen LogP contribution in [0.5, 0.6) is 0 Å². The van der Waals surface area contributed by atoms with E-state index < -0.39 is 5.60 Å². The number of unbranched alkanes of at least 4 members (excludes halogenated alkanes) is 1. The van der Waals surface area contributed by atoms with Crippen LogP contribution in [0.25, 0.3) is 0 Å². The number of carbonyl (C=O) groups excluding carboxylic acids is 1. The summed E-state index contributed by atoms with van der Waals surface area (Å²) in [4.78, 5) is 11.5. The van der Waals surface area contributed by atoms with Crippen LogP contribution in [0.1, 0.15) is 52.5 Å². The molecule has 0 aliphatic rings. The Balaban J connectivity index is 2.03. The minimum atomic E-state index is -0.431. The minimum Gasteiger partial charge on any atom is -0.444 e. The van der Waals surface area contributed by atoms with E-state index in [0.29, 0.717) is 12.6 Å². The van der Waals surface area contributed by atoms with E-state index in [1.807, 2.05) is 26.8 Å². The van der Waals surface area contributed by atoms with Crippen molar-refractivity contribution in [3.05, 3.63) is 35.9 Å². The lowest BCUT2D eigenvalue weighted by Gasteiger charge is -2.19. The fourth-order valence-electron chi connectivity index (χ4n) is 2.07. The predicted octanol–water partition coefficient (Wildman–Crippen LogP) is 3.86. The molecule has 4 heteroatoms. The lowest BCUT2D eigenvalue weighted by molar-refractivity contribution is 0.0527. The van der Waals surface area contributed by atoms with Gasteiger partial charge in [-0.3, -0.25) is 0 Å². The highest BCUT2D eigenvalue weighted by atomic mass is 16.6. The van der Waals surface area contributed by atoms with Gasteiger partial charge in [0.15, 0.2) is 0 Å². The van der Waals surface area contributed by atoms with E-state index in [1.54, 1.807) is 0 Å². The second kappa shape index (κ2) is 9.46. The molecule has 0 aliphatic heterocycles. The summed E-state index contributed by atoms with van der Waals surface area (Å²) in [7, 11) is 0. The molecule has 0 heterocycles. The molecular weight excluding hydrogens is 276 g/mol. The number of benzene rings is 1. The van der Waals surface area contributed by atoms with E-state index in [9.17, 15) is 4.79 Å². The number of rotatable bonds is 8. The highest BCUT2D eigenvalue weighted by Gasteiger charge is 2.15. The van der Waals surface area contributed by atoms with Crippen LogP contribution in [0.15, 0.2) is 30.3 Å². The smallest absolute Gasteiger partial charge is 0.407 e. The van der Waals surface area contributed by atoms with Crippen molar-refractivity contribution in [2.45, 2.75) is 65.1 Å². The zero-order chi connectivity index (χ0) is 16.4. The lowest BCUT2D eigenvalue weighted by Crippen LogP contribution is -2.33. The first-order valence-electron chi connectivity index (χ1n) is 8.11. The van der Waals surface area contributed by atoms with Gasteiger partial charge in [0.1, 0.15) is 5.60 Å². The van der Waals surface area contributed by atoms with E-state index in [0.717, 1.165) is 25.8 Å². The first-order chi connectivity index (χ1) is 10.4. The average Bonchev–Trinajstić information content (AvgIpc) is 2.44. The Hall–Kier alpha value is -1.55. The average molecular weight is 306 g/mol. The van der Waals surface area contributed by atoms with Gasteiger partial charge in [0.05, 0.1) is 0 Å². The summed E-state index contributed by atoms with van der Waals surface area (Å²) in [5, 5.41) is 6.31. The number of hydrogen-bond acceptors (Lipinski definition) is 3. The Morgan fingerprint density at radius 1 is 1.18 bits per heavy atom. The Labute approximate surface area is 134 Å². The summed E-state index contributed by atoms with van der Waals surface area (Å²) in [5.74, 6) is 0. The summed E-state index contributed by atoms with van der Waals surface area (Å²) >= 11 is 0. The molecular formula is C18H30N2O2. The molecule has 0 saturated carbocycles. The maximum absolute atomic E-state index is 11.5. The number of carbonyl (C=O) groups is 1. The number of alkyl carbamates (subject to hydrolysis) is 1. The van der Waals surface area contributed by atoms with Crippen molar-refractivity contribution in [2.75, 3.05) is 6.54 Å². The second-order valence-corrected chi connectivity index (χ2v) is 6.69. The van der Waals surface area contributed by atoms with Crippen LogP contribution in [-0.2, 0) is 11.3 Å². The molecule has 0 bridgehead atoms. The van der Waals surface area contributed by atoms with Gasteiger partial charge in [-0.2, -0.15) is 0 Å². The number of ether oxygens (including phenoxy) is 1. The van der Waals surface area contributed by atoms with Gasteiger partial charge in [0, 0.05) is 19.1 Å². The molecule has 1 aromatic carbocycles. The second-order valence-electron chi connectivity index (χ2n) is 6.69. The zero-order valence-corrected chi connectivity index (χ0v) is 14.3. The van der Waals surface area contributed by atoms with Gasteiger partial charge in [0.2, 0.25) is 0 Å². The molecule has 0 aliphatic carbocycles. The third kappa shape index (κ3) is 9.40. The summed E-state index contributed by atoms with van der Waals surface area (Å²) in [6.45, 7) is 9.37. The first kappa shape index (κ1) is 18.5. The van der Waals surface area contributed by atoms with Crippen molar-refractivity contribution in [2.24, 2.45) is 0 Å². The topological polar surface area (TPSA) is 50.4 Å². The molecule has 1 atom stereocenters. The van der Waals surface area contributed by atoms with Crippen LogP contribution in [0, 0.1) is 0 Å². The van der Waals surface area contributed by atoms with Crippen LogP contribution in [0.4, 0.5) is 4.79 Å². The van der Waals surface area contributed by atoms with Crippen LogP contribution in [0.2, 0.25) is 0 Å². The number of hydrogen-bond donors (Lipinski definition) is 2. The molecule has 0 fully saturated rings. The van der Waals surface area contributed by atoms with Gasteiger partial charge < -0.3 is 15.4 Å². The summed E-state index contributed by atoms with van der Waals surface area (Å²) in [6, 6.07) is 10.9. The van der Waals surface area contributed by atoms with E-state index in [1.165, 1.54) is 5.56 Å². The van der Waals surface area contributed by atoms with Crippen LogP contribution in [0.3, 0.4) is 0 Å². The third-order valence-electron chi connectivity index (χ3n) is 3.23. The standard InChI is InChI=1S/C18H30N2O2/c1-15(20-14-16-11-6-5-7-12-16)10-8-9-13-19-17(21)22-18(2,3)4/h5-7,11-12,15,20H,8-10,13-14H2,1-4H3,(H,19,21). The van der Waals surface area contributed by atoms with Crippen molar-refractivity contribution in [3.8, 4) is 0 Å². The number of amides is 1. The molecule has 1 amide bonds. The Kier molecular flexibility index (Phi) is 7.96. The molecule has 1 aromatic rings. The SMILES string of the molecule is CC(CCCCNC(=O)OC(C)(C)C)NCc1ccccc1. The summed E-state index contributed by atoms with van der Waals surface area (Å²) in [6.07, 6.45) is 2.82. The molecule has 1 rings (SSSR count). The van der Waals surface area contributed by atoms with Gasteiger partial charge in [0.25, 0.3) is 0 Å². The van der Waals surface area contributed by atoms with Gasteiger partial charge in [-0.25, -0.2) is 4.79 Å². The van der Waals surface area contributed by atoms with Gasteiger partial charge >= 0.3 is 6.09 Å². The Morgan fingerprint density at radius 2 is 1.86 bits per heavy atom. The first-order valence-corrected chi connectivity index (χ1v) is 8.11. The van der Waals surface area contributed by atoms with Crippen LogP contribution < -0.4 is 10.6 Å². The van der Waals surface area contributed by atoms with E-state index in [-0.39, 0.29) is 6.09 Å². The van der Waals surface area contributed by atoms with Crippen LogP contribution in [-0.4, -0.2) is 24.3 Å². The quantitative estimate of drug-likeness (QED) is 0.717. The predicted molar refractivity (Wildman–Crippen MR) is 90.8 cm³/mol. The zero-order valence-electron chi connectivity index (χ0n) is 14.3. The van der Waals surface area contributed by atoms with E-state index in [4.69, 9.17) is 4.74 Å². The minimum absolute atomic E-state index is 0.331. The molecule has 22 heavy (non-hydrogen) atoms. The molecule has 0 saturated heterocycles. The summed E-state index contributed by atoms with van der Waals surface area (Å²) in [5.41, 5.74) is 0.876. The van der Waals surface area contributed by atoms with E-state index >= 15 is 0 Å². The molecule has 0 radical (unpaired) electrons. The monoisotopic (exact) mass is 306 g/mol. The third-order valence-corrected chi connectivity index (χ3v) is 3.23. The molecule has 2 N–H and O–H groups in total. The van der Waals surface area contributed by atoms with E-state index in [2.05, 4.69) is 41.8 Å². The molecule has 1 unspecified atom stereocenters. The molecule has 4 nitrogen and oxygen atoms in total. The fraction of sp³-hybridized carbons (Fsp3) is 0.611. The van der Waals surface area contributed by atoms with Gasteiger partial charge in [-0.1, -0.05) is 36.8 Å². The highest BCUT2D eigenvalue weighted by Crippen LogP contribution is 2.07. The molecule has 0 spiro atoms. The fourth-order valence-corrected chi connectivity index (χ4v) is 2.07. The molecule has 0 aromatic heterocycles. The maximum Gasteiger partial charge on any atom is 0.407 e. The van der Waals surface area contributed by atoms with Crippen molar-refractivity contribution >= 4 is 6.09 Å². The number of nitrogens with one attached hydrogen (secondary N) is 2. The van der Waals surface area contributed by atoms with Crippen molar-refractivity contribution in [1.29, 1.82) is 0 Å². The summed E-state index contributed by atoms with van der Waals surface area (Å²) < 4.78 is 5.19. The van der Waals surface area contributed by atoms with Crippen molar-refractivity contribution in [3.63, 3.8) is 0 Å². The van der Waals surface area contributed by atoms with Gasteiger partial charge in [-0.05, 0) is 46.1 Å². The lowest BCUT2D eigenvalue weighted by atomic mass is 10.1. The largest absolute Gasteiger partial charge is 0.444 e. The molecule has 124 valence electrons. The van der Waals surface area contributed by atoms with Crippen LogP contribution >= 0.6 is 0 Å². The van der Waals surface area contributed by atoms with Gasteiger partial charge in [-0.15, -0.1) is 0 Å². The van der Waals surface area contributed by atoms with Crippen molar-refractivity contribution < 1.29 is 9.53 Å². The maximum atomic E-state index is 11.5. The highest BCUT2D eigenvalue weighted by molar-refractivity contribution is 5.67. The Bertz CT molecular complexity index is 426.